The summed E-state index contributed by atoms with van der Waals surface area (Å²) in [6.45, 7) is 5.80. The van der Waals surface area contributed by atoms with Crippen molar-refractivity contribution in [2.24, 2.45) is 4.99 Å². The molecule has 4 rings (SSSR count). The van der Waals surface area contributed by atoms with E-state index in [0.29, 0.717) is 11.5 Å². The molecule has 0 atom stereocenters. The van der Waals surface area contributed by atoms with E-state index in [0.717, 1.165) is 61.2 Å². The lowest BCUT2D eigenvalue weighted by atomic mass is 10.2. The fraction of sp³-hybridized carbons (Fsp3) is 0.333. The van der Waals surface area contributed by atoms with Crippen LogP contribution in [0.25, 0.3) is 6.08 Å². The molecule has 0 radical (unpaired) electrons. The monoisotopic (exact) mass is 466 g/mol. The summed E-state index contributed by atoms with van der Waals surface area (Å²) in [6.07, 6.45) is 3.99. The van der Waals surface area contributed by atoms with Gasteiger partial charge >= 0.3 is 0 Å². The van der Waals surface area contributed by atoms with Gasteiger partial charge in [0.05, 0.1) is 16.4 Å². The highest BCUT2D eigenvalue weighted by Crippen LogP contribution is 2.31. The van der Waals surface area contributed by atoms with Gasteiger partial charge in [-0.2, -0.15) is 4.99 Å². The first-order valence-corrected chi connectivity index (χ1v) is 11.8. The van der Waals surface area contributed by atoms with E-state index >= 15 is 0 Å². The van der Waals surface area contributed by atoms with Gasteiger partial charge in [-0.1, -0.05) is 25.5 Å². The van der Waals surface area contributed by atoms with Gasteiger partial charge in [0.25, 0.3) is 11.6 Å². The van der Waals surface area contributed by atoms with Crippen LogP contribution in [0.2, 0.25) is 0 Å². The fourth-order valence-electron chi connectivity index (χ4n) is 3.62. The Labute approximate surface area is 197 Å². The zero-order chi connectivity index (χ0) is 23.2. The average Bonchev–Trinajstić information content (AvgIpc) is 3.20. The highest BCUT2D eigenvalue weighted by Gasteiger charge is 2.28. The molecule has 1 saturated heterocycles. The molecule has 0 aliphatic carbocycles. The number of rotatable bonds is 7. The molecule has 0 saturated carbocycles. The Morgan fingerprint density at radius 3 is 2.36 bits per heavy atom. The lowest BCUT2D eigenvalue weighted by Gasteiger charge is -2.36. The number of carbonyl (C=O) groups excluding carboxylic acids is 1. The zero-order valence-electron chi connectivity index (χ0n) is 18.5. The molecule has 2 aromatic carbocycles. The Hall–Kier alpha value is -3.33. The number of non-ortho nitro benzene ring substituents is 1. The van der Waals surface area contributed by atoms with Gasteiger partial charge in [-0.05, 0) is 54.1 Å². The van der Waals surface area contributed by atoms with Crippen LogP contribution in [0.4, 0.5) is 11.4 Å². The first kappa shape index (κ1) is 22.8. The summed E-state index contributed by atoms with van der Waals surface area (Å²) in [4.78, 5) is 32.1. The number of amidine groups is 1. The Morgan fingerprint density at radius 2 is 1.73 bits per heavy atom. The predicted molar refractivity (Wildman–Crippen MR) is 132 cm³/mol. The predicted octanol–water partition coefficient (Wildman–Crippen LogP) is 4.57. The van der Waals surface area contributed by atoms with Crippen molar-refractivity contribution in [2.45, 2.75) is 19.8 Å². The number of thioether (sulfide) groups is 1. The topological polar surface area (TPSA) is 88.3 Å². The minimum absolute atomic E-state index is 0.0885. The maximum absolute atomic E-state index is 12.5. The second kappa shape index (κ2) is 10.5. The molecule has 2 aromatic rings. The second-order valence-electron chi connectivity index (χ2n) is 7.83. The number of nitro groups is 1. The number of hydrogen-bond donors (Lipinski definition) is 0. The van der Waals surface area contributed by atoms with Crippen molar-refractivity contribution >= 4 is 40.3 Å². The van der Waals surface area contributed by atoms with Gasteiger partial charge in [-0.15, -0.1) is 0 Å². The molecule has 9 heteroatoms. The third-order valence-electron chi connectivity index (χ3n) is 5.53. The third kappa shape index (κ3) is 5.73. The molecule has 0 aromatic heterocycles. The van der Waals surface area contributed by atoms with Crippen LogP contribution in [-0.2, 0) is 4.79 Å². The fourth-order valence-corrected chi connectivity index (χ4v) is 4.59. The van der Waals surface area contributed by atoms with Gasteiger partial charge in [0.15, 0.2) is 5.17 Å². The number of carbonyl (C=O) groups is 1. The maximum Gasteiger partial charge on any atom is 0.286 e. The maximum atomic E-state index is 12.5. The number of amides is 1. The van der Waals surface area contributed by atoms with Crippen molar-refractivity contribution in [1.82, 2.24) is 4.90 Å². The van der Waals surface area contributed by atoms with Crippen LogP contribution in [-0.4, -0.2) is 53.7 Å². The van der Waals surface area contributed by atoms with Crippen molar-refractivity contribution < 1.29 is 14.5 Å². The van der Waals surface area contributed by atoms with E-state index in [-0.39, 0.29) is 11.6 Å². The highest BCUT2D eigenvalue weighted by atomic mass is 32.2. The SMILES string of the molecule is CCCCOc1ccc(C=C2SC(N3CCN(c4ccc([N+](=O)[O-])cc4)CC3)=NC2=O)cc1. The van der Waals surface area contributed by atoms with E-state index < -0.39 is 4.92 Å². The van der Waals surface area contributed by atoms with Crippen molar-refractivity contribution in [3.8, 4) is 5.75 Å². The quantitative estimate of drug-likeness (QED) is 0.256. The lowest BCUT2D eigenvalue weighted by molar-refractivity contribution is -0.384. The van der Waals surface area contributed by atoms with E-state index in [2.05, 4.69) is 21.7 Å². The van der Waals surface area contributed by atoms with E-state index in [1.165, 1.54) is 23.9 Å². The van der Waals surface area contributed by atoms with Crippen LogP contribution in [0.15, 0.2) is 58.4 Å². The molecule has 1 fully saturated rings. The first-order chi connectivity index (χ1) is 16.0. The number of unbranched alkanes of at least 4 members (excludes halogenated alkanes) is 1. The normalized spacial score (nSPS) is 17.4. The average molecular weight is 467 g/mol. The van der Waals surface area contributed by atoms with Gasteiger partial charge in [0, 0.05) is 44.0 Å². The van der Waals surface area contributed by atoms with Crippen molar-refractivity contribution in [1.29, 1.82) is 0 Å². The molecule has 33 heavy (non-hydrogen) atoms. The number of anilines is 1. The van der Waals surface area contributed by atoms with Crippen LogP contribution in [0.3, 0.4) is 0 Å². The molecule has 0 unspecified atom stereocenters. The van der Waals surface area contributed by atoms with Gasteiger partial charge in [0.1, 0.15) is 5.75 Å². The zero-order valence-corrected chi connectivity index (χ0v) is 19.3. The molecule has 0 bridgehead atoms. The molecule has 2 heterocycles. The van der Waals surface area contributed by atoms with Gasteiger partial charge in [0.2, 0.25) is 0 Å². The Bertz CT molecular complexity index is 1060. The van der Waals surface area contributed by atoms with E-state index in [1.807, 2.05) is 30.3 Å². The van der Waals surface area contributed by atoms with E-state index in [1.54, 1.807) is 12.1 Å². The van der Waals surface area contributed by atoms with Crippen molar-refractivity contribution in [3.63, 3.8) is 0 Å². The summed E-state index contributed by atoms with van der Waals surface area (Å²) < 4.78 is 5.69. The Balaban J connectivity index is 1.32. The highest BCUT2D eigenvalue weighted by molar-refractivity contribution is 8.18. The minimum atomic E-state index is -0.394. The van der Waals surface area contributed by atoms with Crippen LogP contribution in [0.1, 0.15) is 25.3 Å². The number of piperazine rings is 1. The lowest BCUT2D eigenvalue weighted by Crippen LogP contribution is -2.47. The number of nitro benzene ring substituents is 1. The minimum Gasteiger partial charge on any atom is -0.494 e. The first-order valence-electron chi connectivity index (χ1n) is 11.0. The van der Waals surface area contributed by atoms with Crippen molar-refractivity contribution in [2.75, 3.05) is 37.7 Å². The summed E-state index contributed by atoms with van der Waals surface area (Å²) in [5, 5.41) is 11.6. The van der Waals surface area contributed by atoms with Crippen LogP contribution in [0.5, 0.6) is 5.75 Å². The molecule has 0 N–H and O–H groups in total. The standard InChI is InChI=1S/C24H26N4O4S/c1-2-3-16-32-21-10-4-18(5-11-21)17-22-23(29)25-24(33-22)27-14-12-26(13-15-27)19-6-8-20(9-7-19)28(30)31/h4-11,17H,2-3,12-16H2,1H3. The van der Waals surface area contributed by atoms with E-state index in [9.17, 15) is 14.9 Å². The molecular weight excluding hydrogens is 440 g/mol. The summed E-state index contributed by atoms with van der Waals surface area (Å²) >= 11 is 1.41. The summed E-state index contributed by atoms with van der Waals surface area (Å²) in [7, 11) is 0. The number of benzene rings is 2. The number of aliphatic imine (C=N–C) groups is 1. The Kier molecular flexibility index (Phi) is 7.29. The molecule has 0 spiro atoms. The third-order valence-corrected chi connectivity index (χ3v) is 6.57. The number of ether oxygens (including phenoxy) is 1. The van der Waals surface area contributed by atoms with Crippen LogP contribution in [0, 0.1) is 10.1 Å². The summed E-state index contributed by atoms with van der Waals surface area (Å²) in [5.74, 6) is 0.620. The van der Waals surface area contributed by atoms with Gasteiger partial charge in [-0.25, -0.2) is 0 Å². The van der Waals surface area contributed by atoms with E-state index in [4.69, 9.17) is 4.74 Å². The van der Waals surface area contributed by atoms with Gasteiger partial charge < -0.3 is 14.5 Å². The summed E-state index contributed by atoms with van der Waals surface area (Å²) in [6, 6.07) is 14.3. The second-order valence-corrected chi connectivity index (χ2v) is 8.84. The molecular formula is C24H26N4O4S. The smallest absolute Gasteiger partial charge is 0.286 e. The van der Waals surface area contributed by atoms with Crippen molar-refractivity contribution in [3.05, 3.63) is 69.1 Å². The number of hydrogen-bond acceptors (Lipinski definition) is 7. The van der Waals surface area contributed by atoms with Crippen LogP contribution < -0.4 is 9.64 Å². The largest absolute Gasteiger partial charge is 0.494 e. The van der Waals surface area contributed by atoms with Crippen LogP contribution >= 0.6 is 11.8 Å². The summed E-state index contributed by atoms with van der Waals surface area (Å²) in [5.41, 5.74) is 1.98. The van der Waals surface area contributed by atoms with Gasteiger partial charge in [-0.3, -0.25) is 14.9 Å². The molecule has 172 valence electrons. The molecule has 8 nitrogen and oxygen atoms in total. The molecule has 2 aliphatic heterocycles. The Morgan fingerprint density at radius 1 is 1.06 bits per heavy atom. The number of nitrogens with zero attached hydrogens (tertiary/aromatic N) is 4. The molecule has 2 aliphatic rings. The molecule has 1 amide bonds.